The summed E-state index contributed by atoms with van der Waals surface area (Å²) in [5.41, 5.74) is 0. The van der Waals surface area contributed by atoms with E-state index in [1.807, 2.05) is 18.3 Å². The minimum absolute atomic E-state index is 0.210. The van der Waals surface area contributed by atoms with Crippen molar-refractivity contribution in [2.75, 3.05) is 59.5 Å². The zero-order valence-corrected chi connectivity index (χ0v) is 18.8. The van der Waals surface area contributed by atoms with Crippen molar-refractivity contribution in [3.63, 3.8) is 0 Å². The van der Waals surface area contributed by atoms with Crippen LogP contribution in [-0.4, -0.2) is 86.2 Å². The van der Waals surface area contributed by atoms with E-state index in [9.17, 15) is 4.79 Å². The summed E-state index contributed by atoms with van der Waals surface area (Å²) in [5, 5.41) is 5.62. The molecule has 0 bridgehead atoms. The zero-order chi connectivity index (χ0) is 20.6. The molecule has 7 nitrogen and oxygen atoms in total. The molecule has 8 heteroatoms. The number of carbonyl (C=O) groups is 1. The number of hydrogen-bond acceptors (Lipinski definition) is 5. The molecule has 2 aliphatic rings. The molecule has 2 atom stereocenters. The molecule has 3 rings (SSSR count). The number of nitrogens with one attached hydrogen (secondary N) is 1. The first-order chi connectivity index (χ1) is 14.1. The van der Waals surface area contributed by atoms with Gasteiger partial charge >= 0.3 is 6.09 Å². The summed E-state index contributed by atoms with van der Waals surface area (Å²) in [7, 11) is 2.24. The van der Waals surface area contributed by atoms with E-state index in [-0.39, 0.29) is 6.09 Å². The fourth-order valence-corrected chi connectivity index (χ4v) is 5.29. The van der Waals surface area contributed by atoms with E-state index in [0.717, 1.165) is 38.7 Å². The van der Waals surface area contributed by atoms with Gasteiger partial charge < -0.3 is 19.9 Å². The van der Waals surface area contributed by atoms with Crippen LogP contribution in [0.1, 0.15) is 37.6 Å². The monoisotopic (exact) mass is 421 g/mol. The minimum Gasteiger partial charge on any atom is -0.450 e. The van der Waals surface area contributed by atoms with Gasteiger partial charge in [0.05, 0.1) is 6.61 Å². The molecular weight excluding hydrogens is 386 g/mol. The average molecular weight is 422 g/mol. The number of likely N-dealkylation sites (tertiary alicyclic amines) is 1. The van der Waals surface area contributed by atoms with Gasteiger partial charge in [0.15, 0.2) is 5.96 Å². The van der Waals surface area contributed by atoms with Gasteiger partial charge in [0, 0.05) is 50.2 Å². The third kappa shape index (κ3) is 5.63. The first-order valence-electron chi connectivity index (χ1n) is 10.8. The lowest BCUT2D eigenvalue weighted by atomic mass is 9.88. The third-order valence-electron chi connectivity index (χ3n) is 5.76. The molecule has 0 spiro atoms. The quantitative estimate of drug-likeness (QED) is 0.585. The molecule has 2 saturated heterocycles. The van der Waals surface area contributed by atoms with Crippen LogP contribution < -0.4 is 5.32 Å². The Morgan fingerprint density at radius 3 is 2.66 bits per heavy atom. The molecule has 2 aliphatic heterocycles. The summed E-state index contributed by atoms with van der Waals surface area (Å²) in [6.45, 7) is 10.1. The Bertz CT molecular complexity index is 658. The molecule has 162 valence electrons. The minimum atomic E-state index is -0.210. The van der Waals surface area contributed by atoms with Crippen LogP contribution in [0.4, 0.5) is 4.79 Å². The van der Waals surface area contributed by atoms with Crippen molar-refractivity contribution < 1.29 is 9.53 Å². The number of aliphatic imine (C=N–C) groups is 1. The van der Waals surface area contributed by atoms with Gasteiger partial charge in [0.25, 0.3) is 0 Å². The highest BCUT2D eigenvalue weighted by atomic mass is 32.1. The van der Waals surface area contributed by atoms with Gasteiger partial charge in [-0.1, -0.05) is 6.07 Å². The van der Waals surface area contributed by atoms with Crippen molar-refractivity contribution in [3.8, 4) is 0 Å². The predicted molar refractivity (Wildman–Crippen MR) is 119 cm³/mol. The molecule has 0 saturated carbocycles. The van der Waals surface area contributed by atoms with Crippen LogP contribution in [0.3, 0.4) is 0 Å². The van der Waals surface area contributed by atoms with E-state index in [4.69, 9.17) is 9.73 Å². The van der Waals surface area contributed by atoms with Gasteiger partial charge in [0.1, 0.15) is 0 Å². The molecule has 29 heavy (non-hydrogen) atoms. The van der Waals surface area contributed by atoms with Crippen LogP contribution in [0, 0.1) is 5.92 Å². The van der Waals surface area contributed by atoms with E-state index >= 15 is 0 Å². The Kier molecular flexibility index (Phi) is 8.18. The van der Waals surface area contributed by atoms with Crippen LogP contribution in [-0.2, 0) is 4.74 Å². The number of amides is 1. The molecule has 3 heterocycles. The van der Waals surface area contributed by atoms with Crippen LogP contribution in [0.5, 0.6) is 0 Å². The second kappa shape index (κ2) is 10.8. The second-order valence-corrected chi connectivity index (χ2v) is 8.69. The van der Waals surface area contributed by atoms with Crippen LogP contribution in [0.25, 0.3) is 0 Å². The number of hydrogen-bond donors (Lipinski definition) is 1. The van der Waals surface area contributed by atoms with Crippen LogP contribution in [0.2, 0.25) is 0 Å². The first kappa shape index (κ1) is 21.9. The zero-order valence-electron chi connectivity index (χ0n) is 18.0. The largest absolute Gasteiger partial charge is 0.450 e. The molecule has 0 radical (unpaired) electrons. The van der Waals surface area contributed by atoms with E-state index in [1.54, 1.807) is 4.90 Å². The maximum absolute atomic E-state index is 11.9. The third-order valence-corrected chi connectivity index (χ3v) is 6.70. The predicted octanol–water partition coefficient (Wildman–Crippen LogP) is 2.87. The van der Waals surface area contributed by atoms with Gasteiger partial charge in [-0.25, -0.2) is 4.79 Å². The summed E-state index contributed by atoms with van der Waals surface area (Å²) >= 11 is 1.85. The molecule has 2 unspecified atom stereocenters. The summed E-state index contributed by atoms with van der Waals surface area (Å²) < 4.78 is 5.13. The smallest absolute Gasteiger partial charge is 0.409 e. The van der Waals surface area contributed by atoms with Gasteiger partial charge in [-0.15, -0.1) is 11.3 Å². The lowest BCUT2D eigenvalue weighted by molar-refractivity contribution is 0.0913. The molecular formula is C21H35N5O2S. The lowest BCUT2D eigenvalue weighted by Crippen LogP contribution is -2.54. The number of rotatable bonds is 5. The SMILES string of the molecule is CCNC(=NCC1CCCN(C)C1c1cccs1)N1CCN(C(=O)OCC)CC1. The van der Waals surface area contributed by atoms with Crippen molar-refractivity contribution >= 4 is 23.4 Å². The van der Waals surface area contributed by atoms with Crippen molar-refractivity contribution in [1.29, 1.82) is 0 Å². The van der Waals surface area contributed by atoms with Gasteiger partial charge in [-0.2, -0.15) is 0 Å². The second-order valence-electron chi connectivity index (χ2n) is 7.71. The van der Waals surface area contributed by atoms with Crippen LogP contribution in [0.15, 0.2) is 22.5 Å². The number of guanidine groups is 1. The highest BCUT2D eigenvalue weighted by molar-refractivity contribution is 7.10. The Morgan fingerprint density at radius 2 is 2.00 bits per heavy atom. The Labute approximate surface area is 178 Å². The number of nitrogens with zero attached hydrogens (tertiary/aromatic N) is 4. The van der Waals surface area contributed by atoms with E-state index in [1.165, 1.54) is 17.7 Å². The Morgan fingerprint density at radius 1 is 1.24 bits per heavy atom. The fraction of sp³-hybridized carbons (Fsp3) is 0.714. The summed E-state index contributed by atoms with van der Waals surface area (Å²) in [6, 6.07) is 4.86. The molecule has 2 fully saturated rings. The van der Waals surface area contributed by atoms with Gasteiger partial charge in [-0.05, 0) is 57.6 Å². The number of thiophene rings is 1. The number of piperazine rings is 1. The van der Waals surface area contributed by atoms with E-state index < -0.39 is 0 Å². The van der Waals surface area contributed by atoms with Crippen LogP contribution >= 0.6 is 11.3 Å². The Hall–Kier alpha value is -1.80. The normalized spacial score (nSPS) is 23.9. The summed E-state index contributed by atoms with van der Waals surface area (Å²) in [4.78, 5) is 25.0. The van der Waals surface area contributed by atoms with Crippen molar-refractivity contribution in [2.24, 2.45) is 10.9 Å². The summed E-state index contributed by atoms with van der Waals surface area (Å²) in [5.74, 6) is 1.50. The van der Waals surface area contributed by atoms with Crippen molar-refractivity contribution in [1.82, 2.24) is 20.0 Å². The molecule has 1 aromatic heterocycles. The summed E-state index contributed by atoms with van der Waals surface area (Å²) in [6.07, 6.45) is 2.23. The van der Waals surface area contributed by atoms with Gasteiger partial charge in [-0.3, -0.25) is 9.89 Å². The molecule has 0 aromatic carbocycles. The van der Waals surface area contributed by atoms with E-state index in [0.29, 0.717) is 31.7 Å². The van der Waals surface area contributed by atoms with E-state index in [2.05, 4.69) is 46.6 Å². The molecule has 0 aliphatic carbocycles. The molecule has 1 N–H and O–H groups in total. The number of ether oxygens (including phenoxy) is 1. The first-order valence-corrected chi connectivity index (χ1v) is 11.7. The fourth-order valence-electron chi connectivity index (χ4n) is 4.31. The lowest BCUT2D eigenvalue weighted by Gasteiger charge is -2.39. The van der Waals surface area contributed by atoms with Crippen molar-refractivity contribution in [2.45, 2.75) is 32.7 Å². The highest BCUT2D eigenvalue weighted by Crippen LogP contribution is 2.37. The number of piperidine rings is 1. The maximum Gasteiger partial charge on any atom is 0.409 e. The molecule has 1 amide bonds. The van der Waals surface area contributed by atoms with Gasteiger partial charge in [0.2, 0.25) is 0 Å². The number of carbonyl (C=O) groups excluding carboxylic acids is 1. The average Bonchev–Trinajstić information content (AvgIpc) is 3.26. The molecule has 1 aromatic rings. The standard InChI is InChI=1S/C21H35N5O2S/c1-4-22-20(25-11-13-26(14-12-25)21(27)28-5-2)23-16-17-8-6-10-24(3)19(17)18-9-7-15-29-18/h7,9,15,17,19H,4-6,8,10-14,16H2,1-3H3,(H,22,23). The highest BCUT2D eigenvalue weighted by Gasteiger charge is 2.31. The Balaban J connectivity index is 1.63. The topological polar surface area (TPSA) is 60.4 Å². The van der Waals surface area contributed by atoms with Crippen molar-refractivity contribution in [3.05, 3.63) is 22.4 Å². The maximum atomic E-state index is 11.9.